The Hall–Kier alpha value is -1.82. The molecule has 1 aromatic carbocycles. The first kappa shape index (κ1) is 8.76. The maximum atomic E-state index is 8.60. The minimum atomic E-state index is -0.381. The van der Waals surface area contributed by atoms with E-state index in [2.05, 4.69) is 5.16 Å². The van der Waals surface area contributed by atoms with Crippen molar-refractivity contribution < 1.29 is 4.84 Å². The van der Waals surface area contributed by atoms with Gasteiger partial charge < -0.3 is 4.84 Å². The average Bonchev–Trinajstić information content (AvgIpc) is 2.67. The summed E-state index contributed by atoms with van der Waals surface area (Å²) in [5.74, 6) is 0. The van der Waals surface area contributed by atoms with Crippen LogP contribution in [-0.2, 0) is 11.3 Å². The molecule has 1 heterocycles. The van der Waals surface area contributed by atoms with Crippen LogP contribution in [-0.4, -0.2) is 11.8 Å². The smallest absolute Gasteiger partial charge is 0.217 e. The van der Waals surface area contributed by atoms with E-state index in [9.17, 15) is 0 Å². The first-order chi connectivity index (χ1) is 6.88. The highest BCUT2D eigenvalue weighted by Crippen LogP contribution is 2.13. The zero-order chi connectivity index (χ0) is 9.80. The average molecular weight is 186 g/mol. The maximum absolute atomic E-state index is 8.60. The minimum absolute atomic E-state index is 0.381. The van der Waals surface area contributed by atoms with E-state index in [1.807, 2.05) is 36.4 Å². The summed E-state index contributed by atoms with van der Waals surface area (Å²) in [4.78, 5) is 4.91. The second-order valence-electron chi connectivity index (χ2n) is 3.25. The minimum Gasteiger partial charge on any atom is -0.377 e. The normalized spacial score (nSPS) is 19.6. The summed E-state index contributed by atoms with van der Waals surface area (Å²) in [5, 5.41) is 12.5. The van der Waals surface area contributed by atoms with Crippen molar-refractivity contribution in [1.29, 1.82) is 5.26 Å². The third-order valence-electron chi connectivity index (χ3n) is 2.13. The molecule has 2 rings (SSSR count). The zero-order valence-electron chi connectivity index (χ0n) is 7.68. The molecule has 0 radical (unpaired) electrons. The molecule has 1 aliphatic heterocycles. The van der Waals surface area contributed by atoms with E-state index in [0.717, 1.165) is 12.1 Å². The molecule has 0 amide bonds. The number of nitriles is 1. The lowest BCUT2D eigenvalue weighted by atomic mass is 10.1. The third-order valence-corrected chi connectivity index (χ3v) is 2.13. The van der Waals surface area contributed by atoms with Crippen molar-refractivity contribution in [1.82, 2.24) is 0 Å². The fraction of sp³-hybridized carbons (Fsp3) is 0.273. The van der Waals surface area contributed by atoms with Gasteiger partial charge in [0, 0.05) is 12.8 Å². The van der Waals surface area contributed by atoms with Crippen LogP contribution in [0.5, 0.6) is 0 Å². The monoisotopic (exact) mass is 186 g/mol. The van der Waals surface area contributed by atoms with Gasteiger partial charge in [-0.25, -0.2) is 0 Å². The van der Waals surface area contributed by atoms with Gasteiger partial charge in [0.05, 0.1) is 5.71 Å². The predicted molar refractivity (Wildman–Crippen MR) is 52.7 cm³/mol. The predicted octanol–water partition coefficient (Wildman–Crippen LogP) is 1.90. The summed E-state index contributed by atoms with van der Waals surface area (Å²) in [6.07, 6.45) is 1.03. The molecule has 0 spiro atoms. The van der Waals surface area contributed by atoms with E-state index in [1.165, 1.54) is 5.56 Å². The largest absolute Gasteiger partial charge is 0.377 e. The second-order valence-corrected chi connectivity index (χ2v) is 3.25. The number of benzene rings is 1. The van der Waals surface area contributed by atoms with Crippen LogP contribution in [0, 0.1) is 11.3 Å². The highest BCUT2D eigenvalue weighted by molar-refractivity contribution is 5.87. The maximum Gasteiger partial charge on any atom is 0.217 e. The van der Waals surface area contributed by atoms with Crippen molar-refractivity contribution in [2.24, 2.45) is 5.16 Å². The molecule has 3 heteroatoms. The van der Waals surface area contributed by atoms with Gasteiger partial charge in [-0.2, -0.15) is 5.26 Å². The Kier molecular flexibility index (Phi) is 2.46. The Bertz CT molecular complexity index is 378. The molecule has 1 aromatic rings. The molecule has 0 aromatic heterocycles. The van der Waals surface area contributed by atoms with Gasteiger partial charge in [-0.1, -0.05) is 35.5 Å². The standard InChI is InChI=1S/C11H10N2O/c12-8-11-7-10(13-14-11)6-9-4-2-1-3-5-9/h1-5,11H,6-7H2. The summed E-state index contributed by atoms with van der Waals surface area (Å²) in [6.45, 7) is 0. The number of oxime groups is 1. The topological polar surface area (TPSA) is 45.4 Å². The van der Waals surface area contributed by atoms with Crippen LogP contribution in [0.1, 0.15) is 12.0 Å². The molecule has 3 nitrogen and oxygen atoms in total. The van der Waals surface area contributed by atoms with Crippen molar-refractivity contribution in [2.75, 3.05) is 0 Å². The van der Waals surface area contributed by atoms with Crippen LogP contribution in [0.4, 0.5) is 0 Å². The molecule has 1 aliphatic rings. The molecular formula is C11H10N2O. The van der Waals surface area contributed by atoms with Gasteiger partial charge in [-0.05, 0) is 5.56 Å². The molecule has 0 N–H and O–H groups in total. The van der Waals surface area contributed by atoms with E-state index < -0.39 is 0 Å². The van der Waals surface area contributed by atoms with Crippen LogP contribution < -0.4 is 0 Å². The van der Waals surface area contributed by atoms with E-state index in [1.54, 1.807) is 0 Å². The van der Waals surface area contributed by atoms with Gasteiger partial charge in [0.25, 0.3) is 0 Å². The fourth-order valence-electron chi connectivity index (χ4n) is 1.43. The summed E-state index contributed by atoms with van der Waals surface area (Å²) in [7, 11) is 0. The number of rotatable bonds is 2. The molecule has 0 bridgehead atoms. The SMILES string of the molecule is N#CC1CC(Cc2ccccc2)=NO1. The molecular weight excluding hydrogens is 176 g/mol. The molecule has 1 atom stereocenters. The lowest BCUT2D eigenvalue weighted by Crippen LogP contribution is -2.06. The van der Waals surface area contributed by atoms with Crippen molar-refractivity contribution in [3.8, 4) is 6.07 Å². The third kappa shape index (κ3) is 1.91. The van der Waals surface area contributed by atoms with Gasteiger partial charge in [0.1, 0.15) is 6.07 Å². The molecule has 0 saturated heterocycles. The lowest BCUT2D eigenvalue weighted by molar-refractivity contribution is 0.125. The highest BCUT2D eigenvalue weighted by Gasteiger charge is 2.19. The van der Waals surface area contributed by atoms with Crippen LogP contribution >= 0.6 is 0 Å². The molecule has 14 heavy (non-hydrogen) atoms. The zero-order valence-corrected chi connectivity index (χ0v) is 7.68. The number of hydrogen-bond acceptors (Lipinski definition) is 3. The highest BCUT2D eigenvalue weighted by atomic mass is 16.6. The lowest BCUT2D eigenvalue weighted by Gasteiger charge is -1.97. The van der Waals surface area contributed by atoms with Crippen LogP contribution in [0.3, 0.4) is 0 Å². The molecule has 1 unspecified atom stereocenters. The van der Waals surface area contributed by atoms with Gasteiger partial charge in [-0.3, -0.25) is 0 Å². The Morgan fingerprint density at radius 1 is 1.43 bits per heavy atom. The number of nitrogens with zero attached hydrogens (tertiary/aromatic N) is 2. The van der Waals surface area contributed by atoms with Crippen molar-refractivity contribution >= 4 is 5.71 Å². The Balaban J connectivity index is 1.98. The number of hydrogen-bond donors (Lipinski definition) is 0. The fourth-order valence-corrected chi connectivity index (χ4v) is 1.43. The molecule has 0 fully saturated rings. The van der Waals surface area contributed by atoms with E-state index in [-0.39, 0.29) is 6.10 Å². The summed E-state index contributed by atoms with van der Waals surface area (Å²) in [5.41, 5.74) is 2.15. The Morgan fingerprint density at radius 3 is 2.86 bits per heavy atom. The quantitative estimate of drug-likeness (QED) is 0.708. The van der Waals surface area contributed by atoms with E-state index >= 15 is 0 Å². The summed E-state index contributed by atoms with van der Waals surface area (Å²) in [6, 6.07) is 12.1. The molecule has 0 saturated carbocycles. The van der Waals surface area contributed by atoms with Gasteiger partial charge in [0.15, 0.2) is 0 Å². The Labute approximate surface area is 82.6 Å². The van der Waals surface area contributed by atoms with E-state index in [0.29, 0.717) is 6.42 Å². The summed E-state index contributed by atoms with van der Waals surface area (Å²) >= 11 is 0. The molecule has 0 aliphatic carbocycles. The van der Waals surface area contributed by atoms with Crippen molar-refractivity contribution in [3.63, 3.8) is 0 Å². The van der Waals surface area contributed by atoms with Gasteiger partial charge >= 0.3 is 0 Å². The van der Waals surface area contributed by atoms with Gasteiger partial charge in [0.2, 0.25) is 6.10 Å². The second kappa shape index (κ2) is 3.93. The van der Waals surface area contributed by atoms with Gasteiger partial charge in [-0.15, -0.1) is 0 Å². The molecule has 70 valence electrons. The first-order valence-electron chi connectivity index (χ1n) is 4.53. The van der Waals surface area contributed by atoms with Crippen molar-refractivity contribution in [2.45, 2.75) is 18.9 Å². The summed E-state index contributed by atoms with van der Waals surface area (Å²) < 4.78 is 0. The van der Waals surface area contributed by atoms with Crippen LogP contribution in [0.15, 0.2) is 35.5 Å². The van der Waals surface area contributed by atoms with Crippen LogP contribution in [0.2, 0.25) is 0 Å². The van der Waals surface area contributed by atoms with E-state index in [4.69, 9.17) is 10.1 Å². The van der Waals surface area contributed by atoms with Crippen LogP contribution in [0.25, 0.3) is 0 Å². The first-order valence-corrected chi connectivity index (χ1v) is 4.53. The Morgan fingerprint density at radius 2 is 2.21 bits per heavy atom. The van der Waals surface area contributed by atoms with Crippen molar-refractivity contribution in [3.05, 3.63) is 35.9 Å².